The van der Waals surface area contributed by atoms with Gasteiger partial charge < -0.3 is 23.9 Å². The monoisotopic (exact) mass is 409 g/mol. The van der Waals surface area contributed by atoms with Gasteiger partial charge in [-0.15, -0.1) is 0 Å². The van der Waals surface area contributed by atoms with Crippen LogP contribution in [0.25, 0.3) is 11.0 Å². The van der Waals surface area contributed by atoms with Crippen LogP contribution in [0.5, 0.6) is 11.5 Å². The van der Waals surface area contributed by atoms with Crippen molar-refractivity contribution in [3.8, 4) is 11.5 Å². The minimum Gasteiger partial charge on any atom is -0.464 e. The molecule has 0 radical (unpaired) electrons. The lowest BCUT2D eigenvalue weighted by molar-refractivity contribution is -0.154. The van der Waals surface area contributed by atoms with Gasteiger partial charge in [0.25, 0.3) is 5.91 Å². The SMILES string of the molecule is CCc1ccc2c(CC(=O)O[C@H](C)C(=O)NCc3ccc4c(c3)OCO4)coc2c1. The van der Waals surface area contributed by atoms with Gasteiger partial charge in [0.1, 0.15) is 5.58 Å². The van der Waals surface area contributed by atoms with E-state index in [0.717, 1.165) is 28.5 Å². The van der Waals surface area contributed by atoms with Crippen LogP contribution in [-0.2, 0) is 33.7 Å². The molecular weight excluding hydrogens is 386 g/mol. The van der Waals surface area contributed by atoms with Gasteiger partial charge in [0.05, 0.1) is 12.7 Å². The van der Waals surface area contributed by atoms with Crippen LogP contribution < -0.4 is 14.8 Å². The zero-order valence-electron chi connectivity index (χ0n) is 16.9. The highest BCUT2D eigenvalue weighted by atomic mass is 16.7. The Kier molecular flexibility index (Phi) is 5.61. The standard InChI is InChI=1S/C23H23NO6/c1-3-15-4-6-18-17(12-27-20(18)8-15)10-22(25)30-14(2)23(26)24-11-16-5-7-19-21(9-16)29-13-28-19/h4-9,12,14H,3,10-11,13H2,1-2H3,(H,24,26)/t14-/m1/s1. The summed E-state index contributed by atoms with van der Waals surface area (Å²) in [5.74, 6) is 0.485. The molecule has 7 heteroatoms. The van der Waals surface area contributed by atoms with Crippen LogP contribution in [-0.4, -0.2) is 24.8 Å². The summed E-state index contributed by atoms with van der Waals surface area (Å²) in [6.45, 7) is 4.11. The highest BCUT2D eigenvalue weighted by molar-refractivity contribution is 5.88. The van der Waals surface area contributed by atoms with Gasteiger partial charge in [0.2, 0.25) is 6.79 Å². The Morgan fingerprint density at radius 1 is 1.10 bits per heavy atom. The zero-order valence-corrected chi connectivity index (χ0v) is 16.9. The Hall–Kier alpha value is -3.48. The van der Waals surface area contributed by atoms with Gasteiger partial charge in [-0.2, -0.15) is 0 Å². The number of fused-ring (bicyclic) bond motifs is 2. The number of esters is 1. The summed E-state index contributed by atoms with van der Waals surface area (Å²) in [5.41, 5.74) is 3.51. The van der Waals surface area contributed by atoms with E-state index in [1.165, 1.54) is 5.56 Å². The Labute approximate surface area is 173 Å². The fourth-order valence-electron chi connectivity index (χ4n) is 3.32. The predicted molar refractivity (Wildman–Crippen MR) is 109 cm³/mol. The lowest BCUT2D eigenvalue weighted by Gasteiger charge is -2.13. The molecule has 4 rings (SSSR count). The Morgan fingerprint density at radius 2 is 1.90 bits per heavy atom. The van der Waals surface area contributed by atoms with Crippen molar-refractivity contribution in [1.82, 2.24) is 5.32 Å². The molecule has 30 heavy (non-hydrogen) atoms. The molecule has 0 saturated carbocycles. The third kappa shape index (κ3) is 4.25. The molecule has 0 spiro atoms. The van der Waals surface area contributed by atoms with Crippen molar-refractivity contribution in [3.63, 3.8) is 0 Å². The van der Waals surface area contributed by atoms with Gasteiger partial charge in [-0.25, -0.2) is 0 Å². The van der Waals surface area contributed by atoms with Crippen molar-refractivity contribution in [3.05, 3.63) is 59.4 Å². The molecule has 1 N–H and O–H groups in total. The van der Waals surface area contributed by atoms with E-state index in [9.17, 15) is 9.59 Å². The third-order valence-electron chi connectivity index (χ3n) is 5.04. The van der Waals surface area contributed by atoms with E-state index in [0.29, 0.717) is 18.0 Å². The van der Waals surface area contributed by atoms with Crippen LogP contribution >= 0.6 is 0 Å². The maximum atomic E-state index is 12.3. The molecule has 1 aromatic heterocycles. The van der Waals surface area contributed by atoms with Crippen LogP contribution in [0.15, 0.2) is 47.1 Å². The highest BCUT2D eigenvalue weighted by Gasteiger charge is 2.20. The number of benzene rings is 2. The van der Waals surface area contributed by atoms with E-state index in [1.54, 1.807) is 19.3 Å². The molecule has 3 aromatic rings. The number of nitrogens with one attached hydrogen (secondary N) is 1. The zero-order chi connectivity index (χ0) is 21.1. The van der Waals surface area contributed by atoms with E-state index in [-0.39, 0.29) is 19.1 Å². The van der Waals surface area contributed by atoms with Crippen molar-refractivity contribution in [2.75, 3.05) is 6.79 Å². The molecule has 0 bridgehead atoms. The van der Waals surface area contributed by atoms with Gasteiger partial charge >= 0.3 is 5.97 Å². The summed E-state index contributed by atoms with van der Waals surface area (Å²) in [7, 11) is 0. The normalized spacial score (nSPS) is 13.3. The number of carbonyl (C=O) groups is 2. The van der Waals surface area contributed by atoms with E-state index in [4.69, 9.17) is 18.6 Å². The summed E-state index contributed by atoms with van der Waals surface area (Å²) < 4.78 is 21.5. The second kappa shape index (κ2) is 8.49. The molecule has 1 atom stereocenters. The van der Waals surface area contributed by atoms with E-state index >= 15 is 0 Å². The first-order chi connectivity index (χ1) is 14.5. The van der Waals surface area contributed by atoms with Gasteiger partial charge in [0, 0.05) is 17.5 Å². The van der Waals surface area contributed by atoms with Crippen LogP contribution in [0.2, 0.25) is 0 Å². The number of furan rings is 1. The summed E-state index contributed by atoms with van der Waals surface area (Å²) in [6.07, 6.45) is 1.61. The Balaban J connectivity index is 1.30. The maximum Gasteiger partial charge on any atom is 0.311 e. The molecule has 1 aliphatic heterocycles. The summed E-state index contributed by atoms with van der Waals surface area (Å²) >= 11 is 0. The number of hydrogen-bond donors (Lipinski definition) is 1. The van der Waals surface area contributed by atoms with Crippen LogP contribution in [0.3, 0.4) is 0 Å². The number of aryl methyl sites for hydroxylation is 1. The highest BCUT2D eigenvalue weighted by Crippen LogP contribution is 2.32. The van der Waals surface area contributed by atoms with E-state index in [1.807, 2.05) is 30.3 Å². The first-order valence-corrected chi connectivity index (χ1v) is 9.88. The van der Waals surface area contributed by atoms with E-state index < -0.39 is 12.1 Å². The van der Waals surface area contributed by atoms with Crippen molar-refractivity contribution < 1.29 is 28.2 Å². The minimum absolute atomic E-state index is 0.0399. The molecule has 2 heterocycles. The lowest BCUT2D eigenvalue weighted by Crippen LogP contribution is -2.35. The van der Waals surface area contributed by atoms with Gasteiger partial charge in [-0.3, -0.25) is 9.59 Å². The Bertz CT molecular complexity index is 1090. The molecule has 0 saturated heterocycles. The number of ether oxygens (including phenoxy) is 3. The summed E-state index contributed by atoms with van der Waals surface area (Å²) in [5, 5.41) is 3.64. The molecule has 156 valence electrons. The smallest absolute Gasteiger partial charge is 0.311 e. The van der Waals surface area contributed by atoms with Crippen LogP contribution in [0, 0.1) is 0 Å². The fourth-order valence-corrected chi connectivity index (χ4v) is 3.32. The van der Waals surface area contributed by atoms with Crippen molar-refractivity contribution in [1.29, 1.82) is 0 Å². The van der Waals surface area contributed by atoms with Crippen molar-refractivity contribution >= 4 is 22.8 Å². The topological polar surface area (TPSA) is 87.0 Å². The summed E-state index contributed by atoms with van der Waals surface area (Å²) in [6, 6.07) is 11.4. The van der Waals surface area contributed by atoms with Gasteiger partial charge in [0.15, 0.2) is 17.6 Å². The van der Waals surface area contributed by atoms with Crippen molar-refractivity contribution in [2.45, 2.75) is 39.3 Å². The molecule has 0 fully saturated rings. The van der Waals surface area contributed by atoms with Gasteiger partial charge in [-0.1, -0.05) is 25.1 Å². The molecule has 0 aliphatic carbocycles. The largest absolute Gasteiger partial charge is 0.464 e. The summed E-state index contributed by atoms with van der Waals surface area (Å²) in [4.78, 5) is 24.6. The van der Waals surface area contributed by atoms with E-state index in [2.05, 4.69) is 12.2 Å². The molecule has 7 nitrogen and oxygen atoms in total. The first kappa shape index (κ1) is 19.8. The van der Waals surface area contributed by atoms with Gasteiger partial charge in [-0.05, 0) is 42.7 Å². The molecule has 0 unspecified atom stereocenters. The van der Waals surface area contributed by atoms with Crippen LogP contribution in [0.4, 0.5) is 0 Å². The molecule has 1 aliphatic rings. The Morgan fingerprint density at radius 3 is 2.73 bits per heavy atom. The third-order valence-corrected chi connectivity index (χ3v) is 5.04. The molecule has 2 aromatic carbocycles. The fraction of sp³-hybridized carbons (Fsp3) is 0.304. The quantitative estimate of drug-likeness (QED) is 0.601. The maximum absolute atomic E-state index is 12.3. The second-order valence-corrected chi connectivity index (χ2v) is 7.16. The number of carbonyl (C=O) groups excluding carboxylic acids is 2. The number of hydrogen-bond acceptors (Lipinski definition) is 6. The minimum atomic E-state index is -0.906. The number of rotatable bonds is 7. The van der Waals surface area contributed by atoms with Crippen molar-refractivity contribution in [2.24, 2.45) is 0 Å². The molecular formula is C23H23NO6. The van der Waals surface area contributed by atoms with Crippen LogP contribution in [0.1, 0.15) is 30.5 Å². The number of amides is 1. The molecule has 1 amide bonds. The average molecular weight is 409 g/mol. The average Bonchev–Trinajstić information content (AvgIpc) is 3.37. The predicted octanol–water partition coefficient (Wildman–Crippen LogP) is 3.51. The second-order valence-electron chi connectivity index (χ2n) is 7.16. The first-order valence-electron chi connectivity index (χ1n) is 9.88. The lowest BCUT2D eigenvalue weighted by atomic mass is 10.1.